The highest BCUT2D eigenvalue weighted by Crippen LogP contribution is 2.26. The molecular formula is C13H15FN4OS. The number of hydrogen-bond acceptors (Lipinski definition) is 6. The minimum absolute atomic E-state index is 0.0332. The van der Waals surface area contributed by atoms with Gasteiger partial charge < -0.3 is 10.1 Å². The summed E-state index contributed by atoms with van der Waals surface area (Å²) in [6.45, 7) is 3.78. The Morgan fingerprint density at radius 2 is 2.05 bits per heavy atom. The first-order chi connectivity index (χ1) is 9.56. The summed E-state index contributed by atoms with van der Waals surface area (Å²) in [5.74, 6) is 0.117. The third kappa shape index (κ3) is 4.06. The number of rotatable bonds is 5. The Morgan fingerprint density at radius 1 is 1.25 bits per heavy atom. The molecule has 0 atom stereocenters. The zero-order valence-electron chi connectivity index (χ0n) is 11.4. The highest BCUT2D eigenvalue weighted by Gasteiger charge is 2.10. The average Bonchev–Trinajstić information content (AvgIpc) is 2.37. The summed E-state index contributed by atoms with van der Waals surface area (Å²) in [5.41, 5.74) is 0. The molecule has 0 bridgehead atoms. The van der Waals surface area contributed by atoms with Gasteiger partial charge in [-0.3, -0.25) is 0 Å². The molecule has 1 N–H and O–H groups in total. The number of nitrogens with zero attached hydrogens (tertiary/aromatic N) is 3. The third-order valence-corrected chi connectivity index (χ3v) is 3.02. The lowest BCUT2D eigenvalue weighted by molar-refractivity contribution is 0.219. The second-order valence-corrected chi connectivity index (χ2v) is 5.24. The third-order valence-electron chi connectivity index (χ3n) is 2.16. The summed E-state index contributed by atoms with van der Waals surface area (Å²) in [7, 11) is 1.71. The quantitative estimate of drug-likeness (QED) is 0.914. The summed E-state index contributed by atoms with van der Waals surface area (Å²) in [6, 6.07) is 6.50. The van der Waals surface area contributed by atoms with E-state index in [4.69, 9.17) is 4.74 Å². The molecule has 0 amide bonds. The Hall–Kier alpha value is -1.89. The molecule has 2 rings (SSSR count). The zero-order chi connectivity index (χ0) is 14.5. The maximum Gasteiger partial charge on any atom is 0.322 e. The van der Waals surface area contributed by atoms with Crippen molar-refractivity contribution in [1.29, 1.82) is 0 Å². The topological polar surface area (TPSA) is 59.9 Å². The van der Waals surface area contributed by atoms with Crippen molar-refractivity contribution in [3.8, 4) is 6.01 Å². The molecule has 0 saturated heterocycles. The summed E-state index contributed by atoms with van der Waals surface area (Å²) in [6.07, 6.45) is -0.0332. The van der Waals surface area contributed by atoms with E-state index < -0.39 is 0 Å². The van der Waals surface area contributed by atoms with Gasteiger partial charge in [0.25, 0.3) is 0 Å². The molecule has 1 aromatic heterocycles. The maximum atomic E-state index is 13.2. The predicted molar refractivity (Wildman–Crippen MR) is 75.7 cm³/mol. The van der Waals surface area contributed by atoms with Crippen molar-refractivity contribution in [2.75, 3.05) is 12.4 Å². The molecule has 20 heavy (non-hydrogen) atoms. The first kappa shape index (κ1) is 14.5. The van der Waals surface area contributed by atoms with E-state index in [1.807, 2.05) is 13.8 Å². The highest BCUT2D eigenvalue weighted by atomic mass is 32.2. The van der Waals surface area contributed by atoms with Crippen molar-refractivity contribution in [3.63, 3.8) is 0 Å². The van der Waals surface area contributed by atoms with Crippen LogP contribution in [0.2, 0.25) is 0 Å². The van der Waals surface area contributed by atoms with Crippen LogP contribution in [0.5, 0.6) is 6.01 Å². The monoisotopic (exact) mass is 294 g/mol. The van der Waals surface area contributed by atoms with Gasteiger partial charge in [0.1, 0.15) is 5.82 Å². The van der Waals surface area contributed by atoms with E-state index in [1.54, 1.807) is 19.2 Å². The van der Waals surface area contributed by atoms with Gasteiger partial charge in [0.2, 0.25) is 11.1 Å². The van der Waals surface area contributed by atoms with Gasteiger partial charge in [0.15, 0.2) is 0 Å². The number of benzene rings is 1. The first-order valence-corrected chi connectivity index (χ1v) is 6.92. The van der Waals surface area contributed by atoms with Gasteiger partial charge in [-0.1, -0.05) is 6.07 Å². The fourth-order valence-corrected chi connectivity index (χ4v) is 2.18. The van der Waals surface area contributed by atoms with E-state index in [9.17, 15) is 4.39 Å². The van der Waals surface area contributed by atoms with Gasteiger partial charge in [-0.25, -0.2) is 4.39 Å². The molecule has 0 aliphatic carbocycles. The number of anilines is 1. The lowest BCUT2D eigenvalue weighted by Gasteiger charge is -2.09. The van der Waals surface area contributed by atoms with Crippen molar-refractivity contribution in [1.82, 2.24) is 15.0 Å². The second-order valence-electron chi connectivity index (χ2n) is 4.20. The van der Waals surface area contributed by atoms with Gasteiger partial charge >= 0.3 is 6.01 Å². The van der Waals surface area contributed by atoms with Crippen molar-refractivity contribution >= 4 is 17.7 Å². The Balaban J connectivity index is 2.26. The maximum absolute atomic E-state index is 13.2. The standard InChI is InChI=1S/C13H15FN4OS/c1-8(2)19-12-16-11(15-3)17-13(18-12)20-10-6-4-5-9(14)7-10/h4-8H,1-3H3,(H,15,16,17,18). The summed E-state index contributed by atoms with van der Waals surface area (Å²) >= 11 is 1.25. The Bertz CT molecular complexity index is 594. The minimum atomic E-state index is -0.295. The van der Waals surface area contributed by atoms with Gasteiger partial charge in [0, 0.05) is 11.9 Å². The largest absolute Gasteiger partial charge is 0.461 e. The summed E-state index contributed by atoms with van der Waals surface area (Å²) in [4.78, 5) is 13.2. The first-order valence-electron chi connectivity index (χ1n) is 6.10. The molecule has 0 saturated carbocycles. The number of ether oxygens (including phenoxy) is 1. The van der Waals surface area contributed by atoms with Gasteiger partial charge in [-0.05, 0) is 43.8 Å². The molecule has 0 spiro atoms. The number of nitrogens with one attached hydrogen (secondary N) is 1. The van der Waals surface area contributed by atoms with Crippen molar-refractivity contribution < 1.29 is 9.13 Å². The van der Waals surface area contributed by atoms with Gasteiger partial charge in [-0.2, -0.15) is 15.0 Å². The van der Waals surface area contributed by atoms with Crippen molar-refractivity contribution in [2.45, 2.75) is 30.0 Å². The van der Waals surface area contributed by atoms with E-state index in [0.29, 0.717) is 16.0 Å². The van der Waals surface area contributed by atoms with E-state index in [-0.39, 0.29) is 17.9 Å². The van der Waals surface area contributed by atoms with Crippen LogP contribution in [0.3, 0.4) is 0 Å². The summed E-state index contributed by atoms with van der Waals surface area (Å²) in [5, 5.41) is 3.30. The Kier molecular flexibility index (Phi) is 4.73. The van der Waals surface area contributed by atoms with E-state index in [2.05, 4.69) is 20.3 Å². The Labute approximate surface area is 121 Å². The molecular weight excluding hydrogens is 279 g/mol. The van der Waals surface area contributed by atoms with Gasteiger partial charge in [-0.15, -0.1) is 0 Å². The number of aromatic nitrogens is 3. The van der Waals surface area contributed by atoms with Crippen LogP contribution in [-0.4, -0.2) is 28.1 Å². The van der Waals surface area contributed by atoms with Gasteiger partial charge in [0.05, 0.1) is 6.10 Å². The van der Waals surface area contributed by atoms with Crippen LogP contribution in [0.4, 0.5) is 10.3 Å². The average molecular weight is 294 g/mol. The van der Waals surface area contributed by atoms with Crippen LogP contribution < -0.4 is 10.1 Å². The van der Waals surface area contributed by atoms with E-state index >= 15 is 0 Å². The molecule has 2 aromatic rings. The molecule has 7 heteroatoms. The van der Waals surface area contributed by atoms with Crippen LogP contribution in [0.1, 0.15) is 13.8 Å². The second kappa shape index (κ2) is 6.51. The smallest absolute Gasteiger partial charge is 0.322 e. The van der Waals surface area contributed by atoms with Crippen LogP contribution in [0.15, 0.2) is 34.3 Å². The molecule has 0 fully saturated rings. The molecule has 0 unspecified atom stereocenters. The minimum Gasteiger partial charge on any atom is -0.461 e. The normalized spacial score (nSPS) is 10.7. The van der Waals surface area contributed by atoms with Crippen LogP contribution >= 0.6 is 11.8 Å². The summed E-state index contributed by atoms with van der Waals surface area (Å²) < 4.78 is 18.6. The molecule has 106 valence electrons. The molecule has 0 aliphatic heterocycles. The van der Waals surface area contributed by atoms with E-state index in [1.165, 1.54) is 23.9 Å². The molecule has 0 radical (unpaired) electrons. The van der Waals surface area contributed by atoms with E-state index in [0.717, 1.165) is 0 Å². The van der Waals surface area contributed by atoms with Crippen LogP contribution in [-0.2, 0) is 0 Å². The lowest BCUT2D eigenvalue weighted by Crippen LogP contribution is -2.10. The van der Waals surface area contributed by atoms with Crippen molar-refractivity contribution in [3.05, 3.63) is 30.1 Å². The molecule has 5 nitrogen and oxygen atoms in total. The van der Waals surface area contributed by atoms with Crippen molar-refractivity contribution in [2.24, 2.45) is 0 Å². The zero-order valence-corrected chi connectivity index (χ0v) is 12.2. The lowest BCUT2D eigenvalue weighted by atomic mass is 10.4. The number of hydrogen-bond donors (Lipinski definition) is 1. The fourth-order valence-electron chi connectivity index (χ4n) is 1.39. The fraction of sp³-hybridized carbons (Fsp3) is 0.308. The predicted octanol–water partition coefficient (Wildman–Crippen LogP) is 2.99. The number of halogens is 1. The highest BCUT2D eigenvalue weighted by molar-refractivity contribution is 7.99. The molecule has 1 heterocycles. The van der Waals surface area contributed by atoms with Crippen LogP contribution in [0, 0.1) is 5.82 Å². The SMILES string of the molecule is CNc1nc(OC(C)C)nc(Sc2cccc(F)c2)n1. The van der Waals surface area contributed by atoms with Crippen LogP contribution in [0.25, 0.3) is 0 Å². The molecule has 1 aromatic carbocycles. The molecule has 0 aliphatic rings. The Morgan fingerprint density at radius 3 is 2.70 bits per heavy atom.